The Balaban J connectivity index is 1.39. The van der Waals surface area contributed by atoms with Gasteiger partial charge in [0.05, 0.1) is 40.5 Å². The summed E-state index contributed by atoms with van der Waals surface area (Å²) in [6.07, 6.45) is 3.63. The number of aromatic hydroxyl groups is 2. The van der Waals surface area contributed by atoms with Gasteiger partial charge in [-0.15, -0.1) is 0 Å². The third-order valence-corrected chi connectivity index (χ3v) is 6.57. The van der Waals surface area contributed by atoms with E-state index in [-0.39, 0.29) is 30.6 Å². The Hall–Kier alpha value is -4.37. The van der Waals surface area contributed by atoms with Crippen LogP contribution in [0, 0.1) is 0 Å². The molecule has 0 saturated heterocycles. The van der Waals surface area contributed by atoms with E-state index in [2.05, 4.69) is 0 Å². The lowest BCUT2D eigenvalue weighted by molar-refractivity contribution is -0.137. The van der Waals surface area contributed by atoms with E-state index in [4.69, 9.17) is 23.7 Å². The fraction of sp³-hybridized carbons (Fsp3) is 0.300. The maximum Gasteiger partial charge on any atom is 0.330 e. The van der Waals surface area contributed by atoms with E-state index in [1.807, 2.05) is 12.1 Å². The summed E-state index contributed by atoms with van der Waals surface area (Å²) in [5, 5.41) is 29.9. The van der Waals surface area contributed by atoms with Gasteiger partial charge in [-0.3, -0.25) is 0 Å². The molecule has 1 aliphatic rings. The van der Waals surface area contributed by atoms with Crippen LogP contribution in [0.2, 0.25) is 0 Å². The SMILES string of the molecule is COc1cc(C=CC(=O)OCCCc2cc(OC)c3c(c2)C(CO)C(c2ccc(O)c(OC)c2)O3)ccc1O. The number of phenolic OH excluding ortho intramolecular Hbond substituents is 2. The number of aliphatic hydroxyl groups is 1. The molecule has 0 amide bonds. The maximum absolute atomic E-state index is 12.1. The number of carbonyl (C=O) groups excluding carboxylic acids is 1. The molecule has 0 aliphatic carbocycles. The fourth-order valence-electron chi connectivity index (χ4n) is 4.58. The number of methoxy groups -OCH3 is 3. The number of hydrogen-bond acceptors (Lipinski definition) is 9. The molecule has 0 spiro atoms. The Morgan fingerprint density at radius 3 is 2.31 bits per heavy atom. The van der Waals surface area contributed by atoms with Gasteiger partial charge in [0.1, 0.15) is 6.10 Å². The van der Waals surface area contributed by atoms with Gasteiger partial charge in [0.25, 0.3) is 0 Å². The first kappa shape index (κ1) is 27.7. The largest absolute Gasteiger partial charge is 0.504 e. The Labute approximate surface area is 226 Å². The fourth-order valence-corrected chi connectivity index (χ4v) is 4.58. The van der Waals surface area contributed by atoms with Gasteiger partial charge >= 0.3 is 5.97 Å². The van der Waals surface area contributed by atoms with Crippen LogP contribution < -0.4 is 18.9 Å². The molecule has 3 aromatic carbocycles. The lowest BCUT2D eigenvalue weighted by Gasteiger charge is -2.18. The highest BCUT2D eigenvalue weighted by molar-refractivity contribution is 5.87. The quantitative estimate of drug-likeness (QED) is 0.184. The molecule has 2 atom stereocenters. The molecule has 1 aliphatic heterocycles. The summed E-state index contributed by atoms with van der Waals surface area (Å²) in [7, 11) is 4.49. The van der Waals surface area contributed by atoms with Gasteiger partial charge in [0.15, 0.2) is 34.5 Å². The zero-order valence-corrected chi connectivity index (χ0v) is 22.0. The standard InChI is InChI=1S/C30H32O9/c1-35-25-14-18(6-9-23(25)32)7-11-28(34)38-12-4-5-19-13-21-22(17-31)29(39-30(21)27(15-19)37-3)20-8-10-24(33)26(16-20)36-2/h6-11,13-16,22,29,31-33H,4-5,12,17H2,1-3H3. The average Bonchev–Trinajstić information content (AvgIpc) is 3.33. The first-order chi connectivity index (χ1) is 18.9. The number of ether oxygens (including phenoxy) is 5. The summed E-state index contributed by atoms with van der Waals surface area (Å²) in [6, 6.07) is 13.6. The van der Waals surface area contributed by atoms with Crippen molar-refractivity contribution in [2.75, 3.05) is 34.5 Å². The van der Waals surface area contributed by atoms with Crippen LogP contribution in [0.3, 0.4) is 0 Å². The molecule has 0 fully saturated rings. The van der Waals surface area contributed by atoms with E-state index < -0.39 is 12.1 Å². The number of benzene rings is 3. The number of carbonyl (C=O) groups is 1. The van der Waals surface area contributed by atoms with Gasteiger partial charge in [0, 0.05) is 11.6 Å². The van der Waals surface area contributed by atoms with Gasteiger partial charge in [-0.25, -0.2) is 4.79 Å². The number of fused-ring (bicyclic) bond motifs is 1. The first-order valence-electron chi connectivity index (χ1n) is 12.5. The molecule has 9 nitrogen and oxygen atoms in total. The Morgan fingerprint density at radius 1 is 0.923 bits per heavy atom. The zero-order valence-electron chi connectivity index (χ0n) is 22.0. The van der Waals surface area contributed by atoms with Crippen LogP contribution in [0.1, 0.15) is 40.7 Å². The highest BCUT2D eigenvalue weighted by Gasteiger charge is 2.38. The average molecular weight is 537 g/mol. The molecular weight excluding hydrogens is 504 g/mol. The molecule has 0 saturated carbocycles. The predicted molar refractivity (Wildman–Crippen MR) is 144 cm³/mol. The van der Waals surface area contributed by atoms with Crippen molar-refractivity contribution in [1.29, 1.82) is 0 Å². The van der Waals surface area contributed by atoms with E-state index >= 15 is 0 Å². The lowest BCUT2D eigenvalue weighted by atomic mass is 9.90. The van der Waals surface area contributed by atoms with Crippen LogP contribution in [0.4, 0.5) is 0 Å². The molecule has 0 aromatic heterocycles. The van der Waals surface area contributed by atoms with E-state index in [0.29, 0.717) is 41.4 Å². The number of rotatable bonds is 11. The van der Waals surface area contributed by atoms with Crippen molar-refractivity contribution in [3.63, 3.8) is 0 Å². The third kappa shape index (κ3) is 6.21. The smallest absolute Gasteiger partial charge is 0.330 e. The van der Waals surface area contributed by atoms with Gasteiger partial charge < -0.3 is 39.0 Å². The van der Waals surface area contributed by atoms with Crippen molar-refractivity contribution in [1.82, 2.24) is 0 Å². The summed E-state index contributed by atoms with van der Waals surface area (Å²) in [5.74, 6) is 0.987. The predicted octanol–water partition coefficient (Wildman–Crippen LogP) is 4.52. The molecule has 206 valence electrons. The van der Waals surface area contributed by atoms with E-state index in [1.54, 1.807) is 37.5 Å². The number of phenols is 2. The molecule has 0 radical (unpaired) electrons. The zero-order chi connectivity index (χ0) is 27.9. The minimum atomic E-state index is -0.482. The summed E-state index contributed by atoms with van der Waals surface area (Å²) in [5.41, 5.74) is 3.23. The number of esters is 1. The topological polar surface area (TPSA) is 124 Å². The molecule has 3 N–H and O–H groups in total. The third-order valence-electron chi connectivity index (χ3n) is 6.57. The lowest BCUT2D eigenvalue weighted by Crippen LogP contribution is -2.13. The van der Waals surface area contributed by atoms with E-state index in [0.717, 1.165) is 16.7 Å². The number of aryl methyl sites for hydroxylation is 1. The van der Waals surface area contributed by atoms with E-state index in [9.17, 15) is 20.1 Å². The normalized spacial score (nSPS) is 16.0. The summed E-state index contributed by atoms with van der Waals surface area (Å²) in [6.45, 7) is 0.0711. The van der Waals surface area contributed by atoms with Gasteiger partial charge in [0.2, 0.25) is 0 Å². The van der Waals surface area contributed by atoms with Crippen molar-refractivity contribution in [2.45, 2.75) is 24.9 Å². The van der Waals surface area contributed by atoms with Crippen molar-refractivity contribution >= 4 is 12.0 Å². The van der Waals surface area contributed by atoms with Crippen LogP contribution in [-0.2, 0) is 16.0 Å². The molecule has 39 heavy (non-hydrogen) atoms. The number of hydrogen-bond donors (Lipinski definition) is 3. The summed E-state index contributed by atoms with van der Waals surface area (Å²) >= 11 is 0. The van der Waals surface area contributed by atoms with Gasteiger partial charge in [-0.05, 0) is 65.9 Å². The maximum atomic E-state index is 12.1. The number of aliphatic hydroxyl groups excluding tert-OH is 1. The Kier molecular flexibility index (Phi) is 8.83. The molecule has 9 heteroatoms. The summed E-state index contributed by atoms with van der Waals surface area (Å²) < 4.78 is 27.5. The monoisotopic (exact) mass is 536 g/mol. The van der Waals surface area contributed by atoms with E-state index in [1.165, 1.54) is 32.4 Å². The van der Waals surface area contributed by atoms with Crippen LogP contribution in [0.15, 0.2) is 54.6 Å². The minimum Gasteiger partial charge on any atom is -0.504 e. The molecule has 2 unspecified atom stereocenters. The molecule has 1 heterocycles. The Morgan fingerprint density at radius 2 is 1.62 bits per heavy atom. The van der Waals surface area contributed by atoms with Gasteiger partial charge in [-0.1, -0.05) is 18.2 Å². The highest BCUT2D eigenvalue weighted by Crippen LogP contribution is 2.51. The van der Waals surface area contributed by atoms with Crippen molar-refractivity contribution < 1.29 is 43.8 Å². The van der Waals surface area contributed by atoms with Gasteiger partial charge in [-0.2, -0.15) is 0 Å². The van der Waals surface area contributed by atoms with Crippen molar-refractivity contribution in [3.8, 4) is 34.5 Å². The Bertz CT molecular complexity index is 1350. The van der Waals surface area contributed by atoms with Crippen LogP contribution in [-0.4, -0.2) is 55.8 Å². The second-order valence-corrected chi connectivity index (χ2v) is 9.01. The van der Waals surface area contributed by atoms with Crippen LogP contribution in [0.25, 0.3) is 6.08 Å². The molecule has 0 bridgehead atoms. The highest BCUT2D eigenvalue weighted by atomic mass is 16.5. The minimum absolute atomic E-state index is 0.0217. The summed E-state index contributed by atoms with van der Waals surface area (Å²) in [4.78, 5) is 12.1. The van der Waals surface area contributed by atoms with Crippen molar-refractivity contribution in [2.24, 2.45) is 0 Å². The van der Waals surface area contributed by atoms with Crippen molar-refractivity contribution in [3.05, 3.63) is 76.9 Å². The molecule has 4 rings (SSSR count). The molecule has 3 aromatic rings. The second-order valence-electron chi connectivity index (χ2n) is 9.01. The van der Waals surface area contributed by atoms with Crippen LogP contribution in [0.5, 0.6) is 34.5 Å². The van der Waals surface area contributed by atoms with Crippen LogP contribution >= 0.6 is 0 Å². The second kappa shape index (κ2) is 12.4. The molecular formula is C30H32O9. The first-order valence-corrected chi connectivity index (χ1v) is 12.5.